The van der Waals surface area contributed by atoms with Gasteiger partial charge in [-0.1, -0.05) is 40.7 Å². The SMILES string of the molecule is CC.Cc1cccn(CC(C)(C)C)c1=O.O=CO. The normalized spacial score (nSPS) is 9.44. The molecular formula is C14H25NO3. The largest absolute Gasteiger partial charge is 0.483 e. The smallest absolute Gasteiger partial charge is 0.290 e. The highest BCUT2D eigenvalue weighted by Gasteiger charge is 2.11. The molecule has 0 bridgehead atoms. The summed E-state index contributed by atoms with van der Waals surface area (Å²) in [4.78, 5) is 20.0. The van der Waals surface area contributed by atoms with Gasteiger partial charge in [-0.2, -0.15) is 0 Å². The summed E-state index contributed by atoms with van der Waals surface area (Å²) in [5, 5.41) is 6.89. The molecule has 0 aromatic carbocycles. The van der Waals surface area contributed by atoms with E-state index in [1.807, 2.05) is 39.1 Å². The predicted octanol–water partition coefficient (Wildman–Crippen LogP) is 2.93. The summed E-state index contributed by atoms with van der Waals surface area (Å²) in [5.74, 6) is 0. The highest BCUT2D eigenvalue weighted by molar-refractivity contribution is 5.32. The average Bonchev–Trinajstić information content (AvgIpc) is 2.27. The molecule has 0 aliphatic carbocycles. The third kappa shape index (κ3) is 8.56. The number of aromatic nitrogens is 1. The Hall–Kier alpha value is -1.58. The number of hydrogen-bond acceptors (Lipinski definition) is 2. The van der Waals surface area contributed by atoms with E-state index < -0.39 is 0 Å². The summed E-state index contributed by atoms with van der Waals surface area (Å²) in [6.45, 7) is 12.8. The first-order chi connectivity index (χ1) is 8.31. The molecule has 1 N–H and O–H groups in total. The monoisotopic (exact) mass is 255 g/mol. The van der Waals surface area contributed by atoms with Crippen LogP contribution >= 0.6 is 0 Å². The van der Waals surface area contributed by atoms with Gasteiger partial charge >= 0.3 is 0 Å². The summed E-state index contributed by atoms with van der Waals surface area (Å²) >= 11 is 0. The minimum Gasteiger partial charge on any atom is -0.483 e. The standard InChI is InChI=1S/C11H17NO.C2H6.CH2O2/c1-9-6-5-7-12(10(9)13)8-11(2,3)4;1-2;2-1-3/h5-7H,8H2,1-4H3;1-2H3;1H,(H,2,3). The van der Waals surface area contributed by atoms with E-state index in [9.17, 15) is 4.79 Å². The fourth-order valence-corrected chi connectivity index (χ4v) is 1.29. The maximum absolute atomic E-state index is 11.6. The molecule has 0 radical (unpaired) electrons. The van der Waals surface area contributed by atoms with Crippen LogP contribution in [0, 0.1) is 12.3 Å². The second-order valence-electron chi connectivity index (χ2n) is 4.79. The molecule has 0 amide bonds. The molecule has 0 spiro atoms. The number of carbonyl (C=O) groups is 1. The van der Waals surface area contributed by atoms with Gasteiger partial charge in [-0.25, -0.2) is 0 Å². The molecule has 0 aliphatic rings. The van der Waals surface area contributed by atoms with Crippen molar-refractivity contribution < 1.29 is 9.90 Å². The van der Waals surface area contributed by atoms with Crippen molar-refractivity contribution in [1.82, 2.24) is 4.57 Å². The first-order valence-corrected chi connectivity index (χ1v) is 6.05. The maximum Gasteiger partial charge on any atom is 0.290 e. The number of hydrogen-bond donors (Lipinski definition) is 1. The zero-order chi connectivity index (χ0) is 14.8. The van der Waals surface area contributed by atoms with Crippen LogP contribution in [0.2, 0.25) is 0 Å². The van der Waals surface area contributed by atoms with Crippen LogP contribution in [-0.4, -0.2) is 16.1 Å². The van der Waals surface area contributed by atoms with Crippen molar-refractivity contribution in [2.24, 2.45) is 5.41 Å². The molecule has 0 atom stereocenters. The highest BCUT2D eigenvalue weighted by Crippen LogP contribution is 2.14. The Kier molecular flexibility index (Phi) is 9.86. The number of aryl methyl sites for hydroxylation is 1. The van der Waals surface area contributed by atoms with Crippen LogP contribution in [-0.2, 0) is 11.3 Å². The lowest BCUT2D eigenvalue weighted by atomic mass is 9.97. The van der Waals surface area contributed by atoms with E-state index in [0.29, 0.717) is 0 Å². The molecule has 1 rings (SSSR count). The third-order valence-electron chi connectivity index (χ3n) is 1.86. The van der Waals surface area contributed by atoms with Gasteiger partial charge in [0, 0.05) is 18.3 Å². The van der Waals surface area contributed by atoms with Crippen LogP contribution in [0.15, 0.2) is 23.1 Å². The fraction of sp³-hybridized carbons (Fsp3) is 0.571. The summed E-state index contributed by atoms with van der Waals surface area (Å²) in [6.07, 6.45) is 1.85. The zero-order valence-corrected chi connectivity index (χ0v) is 12.2. The van der Waals surface area contributed by atoms with Crippen LogP contribution in [0.1, 0.15) is 40.2 Å². The van der Waals surface area contributed by atoms with Crippen LogP contribution in [0.4, 0.5) is 0 Å². The van der Waals surface area contributed by atoms with E-state index in [1.54, 1.807) is 4.57 Å². The van der Waals surface area contributed by atoms with Crippen molar-refractivity contribution in [2.45, 2.75) is 48.1 Å². The van der Waals surface area contributed by atoms with Crippen molar-refractivity contribution in [1.29, 1.82) is 0 Å². The van der Waals surface area contributed by atoms with Gasteiger partial charge < -0.3 is 9.67 Å². The molecule has 4 heteroatoms. The topological polar surface area (TPSA) is 59.3 Å². The molecule has 18 heavy (non-hydrogen) atoms. The zero-order valence-electron chi connectivity index (χ0n) is 12.2. The van der Waals surface area contributed by atoms with E-state index >= 15 is 0 Å². The van der Waals surface area contributed by atoms with Gasteiger partial charge in [-0.3, -0.25) is 9.59 Å². The summed E-state index contributed by atoms with van der Waals surface area (Å²) in [6, 6.07) is 3.77. The number of carboxylic acid groups (broad SMARTS) is 1. The molecule has 1 heterocycles. The number of pyridine rings is 1. The molecule has 4 nitrogen and oxygen atoms in total. The van der Waals surface area contributed by atoms with Crippen molar-refractivity contribution in [3.63, 3.8) is 0 Å². The van der Waals surface area contributed by atoms with E-state index in [2.05, 4.69) is 20.8 Å². The Morgan fingerprint density at radius 1 is 1.33 bits per heavy atom. The Morgan fingerprint density at radius 3 is 2.17 bits per heavy atom. The molecule has 104 valence electrons. The molecule has 0 saturated carbocycles. The van der Waals surface area contributed by atoms with E-state index in [4.69, 9.17) is 9.90 Å². The van der Waals surface area contributed by atoms with Crippen LogP contribution in [0.25, 0.3) is 0 Å². The minimum absolute atomic E-state index is 0.123. The second kappa shape index (κ2) is 9.45. The molecule has 0 aliphatic heterocycles. The van der Waals surface area contributed by atoms with Crippen molar-refractivity contribution >= 4 is 6.47 Å². The van der Waals surface area contributed by atoms with Gasteiger partial charge in [0.05, 0.1) is 0 Å². The second-order valence-corrected chi connectivity index (χ2v) is 4.79. The quantitative estimate of drug-likeness (QED) is 0.785. The van der Waals surface area contributed by atoms with Gasteiger partial charge in [0.1, 0.15) is 0 Å². The average molecular weight is 255 g/mol. The molecule has 0 fully saturated rings. The van der Waals surface area contributed by atoms with Gasteiger partial charge in [-0.15, -0.1) is 0 Å². The van der Waals surface area contributed by atoms with Crippen LogP contribution in [0.3, 0.4) is 0 Å². The molecule has 0 unspecified atom stereocenters. The highest BCUT2D eigenvalue weighted by atomic mass is 16.3. The lowest BCUT2D eigenvalue weighted by molar-refractivity contribution is -0.122. The van der Waals surface area contributed by atoms with Crippen molar-refractivity contribution in [3.05, 3.63) is 34.2 Å². The number of rotatable bonds is 1. The third-order valence-corrected chi connectivity index (χ3v) is 1.86. The summed E-state index contributed by atoms with van der Waals surface area (Å²) < 4.78 is 1.77. The minimum atomic E-state index is -0.250. The first kappa shape index (κ1) is 18.8. The van der Waals surface area contributed by atoms with Gasteiger partial charge in [-0.05, 0) is 18.4 Å². The first-order valence-electron chi connectivity index (χ1n) is 6.05. The van der Waals surface area contributed by atoms with E-state index in [1.165, 1.54) is 0 Å². The molecular weight excluding hydrogens is 230 g/mol. The molecule has 1 aromatic rings. The van der Waals surface area contributed by atoms with Crippen LogP contribution in [0.5, 0.6) is 0 Å². The van der Waals surface area contributed by atoms with E-state index in [0.717, 1.165) is 12.1 Å². The predicted molar refractivity (Wildman–Crippen MR) is 74.9 cm³/mol. The van der Waals surface area contributed by atoms with Crippen LogP contribution < -0.4 is 5.56 Å². The Bertz CT molecular complexity index is 389. The van der Waals surface area contributed by atoms with Gasteiger partial charge in [0.15, 0.2) is 0 Å². The maximum atomic E-state index is 11.6. The van der Waals surface area contributed by atoms with E-state index in [-0.39, 0.29) is 17.4 Å². The summed E-state index contributed by atoms with van der Waals surface area (Å²) in [7, 11) is 0. The Balaban J connectivity index is 0. The summed E-state index contributed by atoms with van der Waals surface area (Å²) in [5.41, 5.74) is 1.08. The fourth-order valence-electron chi connectivity index (χ4n) is 1.29. The Morgan fingerprint density at radius 2 is 1.78 bits per heavy atom. The Labute approximate surface area is 109 Å². The lowest BCUT2D eigenvalue weighted by Crippen LogP contribution is -2.27. The number of nitrogens with zero attached hydrogens (tertiary/aromatic N) is 1. The lowest BCUT2D eigenvalue weighted by Gasteiger charge is -2.19. The van der Waals surface area contributed by atoms with Crippen molar-refractivity contribution in [3.8, 4) is 0 Å². The van der Waals surface area contributed by atoms with Gasteiger partial charge in [0.25, 0.3) is 12.0 Å². The molecule has 1 aromatic heterocycles. The van der Waals surface area contributed by atoms with Gasteiger partial charge in [0.2, 0.25) is 0 Å². The van der Waals surface area contributed by atoms with Crippen molar-refractivity contribution in [2.75, 3.05) is 0 Å². The molecule has 0 saturated heterocycles.